The highest BCUT2D eigenvalue weighted by molar-refractivity contribution is 7.14. The van der Waals surface area contributed by atoms with Crippen molar-refractivity contribution in [3.8, 4) is 0 Å². The highest BCUT2D eigenvalue weighted by Crippen LogP contribution is 2.23. The maximum atomic E-state index is 12.1. The molecule has 2 aromatic rings. The Morgan fingerprint density at radius 3 is 3.00 bits per heavy atom. The number of hydrogen-bond donors (Lipinski definition) is 1. The molecule has 18 heavy (non-hydrogen) atoms. The van der Waals surface area contributed by atoms with Crippen LogP contribution in [0.2, 0.25) is 0 Å². The Bertz CT molecular complexity index is 534. The molecule has 3 nitrogen and oxygen atoms in total. The molecular weight excluding hydrogens is 244 g/mol. The maximum Gasteiger partial charge on any atom is 0.265 e. The number of pyridine rings is 1. The number of nitrogens with zero attached hydrogens (tertiary/aromatic N) is 1. The highest BCUT2D eigenvalue weighted by atomic mass is 32.1. The predicted octanol–water partition coefficient (Wildman–Crippen LogP) is 3.66. The molecule has 0 spiro atoms. The van der Waals surface area contributed by atoms with Crippen LogP contribution in [0, 0.1) is 6.92 Å². The lowest BCUT2D eigenvalue weighted by Gasteiger charge is -2.01. The number of carbonyl (C=O) groups is 1. The Balaban J connectivity index is 2.12. The van der Waals surface area contributed by atoms with Crippen LogP contribution in [0.3, 0.4) is 0 Å². The van der Waals surface area contributed by atoms with E-state index in [1.807, 2.05) is 12.1 Å². The zero-order valence-electron chi connectivity index (χ0n) is 10.6. The Labute approximate surface area is 111 Å². The van der Waals surface area contributed by atoms with Gasteiger partial charge in [0.25, 0.3) is 5.91 Å². The minimum Gasteiger partial charge on any atom is -0.320 e. The van der Waals surface area contributed by atoms with E-state index in [1.165, 1.54) is 10.4 Å². The number of hydrogen-bond acceptors (Lipinski definition) is 3. The van der Waals surface area contributed by atoms with Gasteiger partial charge in [0.15, 0.2) is 0 Å². The van der Waals surface area contributed by atoms with Gasteiger partial charge in [-0.1, -0.05) is 13.3 Å². The van der Waals surface area contributed by atoms with Crippen molar-refractivity contribution in [1.29, 1.82) is 0 Å². The van der Waals surface area contributed by atoms with E-state index in [1.54, 1.807) is 29.8 Å². The second kappa shape index (κ2) is 5.78. The normalized spacial score (nSPS) is 10.3. The van der Waals surface area contributed by atoms with Crippen molar-refractivity contribution in [1.82, 2.24) is 4.98 Å². The minimum absolute atomic E-state index is 0.0570. The number of thiophene rings is 1. The first-order valence-corrected chi connectivity index (χ1v) is 6.83. The molecule has 0 unspecified atom stereocenters. The van der Waals surface area contributed by atoms with Crippen LogP contribution in [0.25, 0.3) is 0 Å². The van der Waals surface area contributed by atoms with Crippen LogP contribution in [0.4, 0.5) is 5.69 Å². The summed E-state index contributed by atoms with van der Waals surface area (Å²) in [6.45, 7) is 4.21. The molecule has 94 valence electrons. The summed E-state index contributed by atoms with van der Waals surface area (Å²) in [5.41, 5.74) is 2.00. The van der Waals surface area contributed by atoms with Crippen molar-refractivity contribution >= 4 is 22.9 Å². The third-order valence-corrected chi connectivity index (χ3v) is 3.77. The zero-order valence-corrected chi connectivity index (χ0v) is 11.4. The second-order valence-electron chi connectivity index (χ2n) is 4.14. The van der Waals surface area contributed by atoms with Crippen LogP contribution in [0.1, 0.15) is 33.5 Å². The van der Waals surface area contributed by atoms with Gasteiger partial charge in [0.05, 0.1) is 16.8 Å². The summed E-state index contributed by atoms with van der Waals surface area (Å²) in [7, 11) is 0. The first-order valence-electron chi connectivity index (χ1n) is 6.01. The lowest BCUT2D eigenvalue weighted by molar-refractivity contribution is 0.103. The molecule has 0 aliphatic heterocycles. The van der Waals surface area contributed by atoms with Crippen LogP contribution in [0.5, 0.6) is 0 Å². The van der Waals surface area contributed by atoms with Crippen LogP contribution >= 0.6 is 11.3 Å². The second-order valence-corrected chi connectivity index (χ2v) is 5.39. The topological polar surface area (TPSA) is 42.0 Å². The van der Waals surface area contributed by atoms with Gasteiger partial charge >= 0.3 is 0 Å². The molecule has 0 aliphatic carbocycles. The standard InChI is InChI=1S/C14H16N2OS/c1-3-5-11-8-13(18-10(11)2)14(17)16-12-6-4-7-15-9-12/h4,6-9H,3,5H2,1-2H3,(H,16,17). The summed E-state index contributed by atoms with van der Waals surface area (Å²) in [5.74, 6) is -0.0570. The van der Waals surface area contributed by atoms with Gasteiger partial charge in [-0.05, 0) is 37.1 Å². The van der Waals surface area contributed by atoms with E-state index >= 15 is 0 Å². The highest BCUT2D eigenvalue weighted by Gasteiger charge is 2.12. The quantitative estimate of drug-likeness (QED) is 0.911. The van der Waals surface area contributed by atoms with E-state index in [4.69, 9.17) is 0 Å². The van der Waals surface area contributed by atoms with E-state index in [9.17, 15) is 4.79 Å². The van der Waals surface area contributed by atoms with E-state index < -0.39 is 0 Å². The molecule has 0 fully saturated rings. The smallest absolute Gasteiger partial charge is 0.265 e. The van der Waals surface area contributed by atoms with Crippen molar-refractivity contribution in [2.45, 2.75) is 26.7 Å². The monoisotopic (exact) mass is 260 g/mol. The molecule has 1 N–H and O–H groups in total. The number of carbonyl (C=O) groups excluding carboxylic acids is 1. The third-order valence-electron chi connectivity index (χ3n) is 2.68. The molecular formula is C14H16N2OS. The largest absolute Gasteiger partial charge is 0.320 e. The van der Waals surface area contributed by atoms with Gasteiger partial charge in [-0.25, -0.2) is 0 Å². The first kappa shape index (κ1) is 12.8. The lowest BCUT2D eigenvalue weighted by Crippen LogP contribution is -2.10. The minimum atomic E-state index is -0.0570. The lowest BCUT2D eigenvalue weighted by atomic mass is 10.1. The molecule has 2 aromatic heterocycles. The van der Waals surface area contributed by atoms with E-state index in [0.717, 1.165) is 23.4 Å². The summed E-state index contributed by atoms with van der Waals surface area (Å²) in [6.07, 6.45) is 5.46. The Morgan fingerprint density at radius 1 is 1.50 bits per heavy atom. The van der Waals surface area contributed by atoms with Gasteiger partial charge in [0.1, 0.15) is 0 Å². The third kappa shape index (κ3) is 2.96. The van der Waals surface area contributed by atoms with Gasteiger partial charge in [-0.15, -0.1) is 11.3 Å². The molecule has 0 aliphatic rings. The van der Waals surface area contributed by atoms with Crippen molar-refractivity contribution < 1.29 is 4.79 Å². The predicted molar refractivity (Wildman–Crippen MR) is 75.2 cm³/mol. The Morgan fingerprint density at radius 2 is 2.33 bits per heavy atom. The molecule has 2 heterocycles. The molecule has 0 bridgehead atoms. The SMILES string of the molecule is CCCc1cc(C(=O)Nc2cccnc2)sc1C. The average Bonchev–Trinajstić information content (AvgIpc) is 2.73. The number of aromatic nitrogens is 1. The summed E-state index contributed by atoms with van der Waals surface area (Å²) in [5, 5.41) is 2.85. The zero-order chi connectivity index (χ0) is 13.0. The molecule has 1 amide bonds. The fourth-order valence-electron chi connectivity index (χ4n) is 1.78. The summed E-state index contributed by atoms with van der Waals surface area (Å²) < 4.78 is 0. The van der Waals surface area contributed by atoms with Gasteiger partial charge in [-0.2, -0.15) is 0 Å². The molecule has 0 radical (unpaired) electrons. The molecule has 0 aromatic carbocycles. The van der Waals surface area contributed by atoms with Gasteiger partial charge in [-0.3, -0.25) is 9.78 Å². The van der Waals surface area contributed by atoms with Crippen molar-refractivity contribution in [3.63, 3.8) is 0 Å². The number of rotatable bonds is 4. The van der Waals surface area contributed by atoms with Crippen LogP contribution in [0.15, 0.2) is 30.6 Å². The summed E-state index contributed by atoms with van der Waals surface area (Å²) >= 11 is 1.55. The number of amides is 1. The fraction of sp³-hybridized carbons (Fsp3) is 0.286. The van der Waals surface area contributed by atoms with Crippen LogP contribution in [-0.2, 0) is 6.42 Å². The number of aryl methyl sites for hydroxylation is 2. The van der Waals surface area contributed by atoms with Crippen LogP contribution < -0.4 is 5.32 Å². The van der Waals surface area contributed by atoms with Crippen molar-refractivity contribution in [3.05, 3.63) is 45.9 Å². The Hall–Kier alpha value is -1.68. The van der Waals surface area contributed by atoms with E-state index in [-0.39, 0.29) is 5.91 Å². The van der Waals surface area contributed by atoms with Gasteiger partial charge in [0.2, 0.25) is 0 Å². The number of anilines is 1. The van der Waals surface area contributed by atoms with E-state index in [2.05, 4.69) is 24.1 Å². The summed E-state index contributed by atoms with van der Waals surface area (Å²) in [4.78, 5) is 18.0. The van der Waals surface area contributed by atoms with Gasteiger partial charge in [0, 0.05) is 11.1 Å². The van der Waals surface area contributed by atoms with Crippen molar-refractivity contribution in [2.75, 3.05) is 5.32 Å². The molecule has 4 heteroatoms. The molecule has 0 saturated heterocycles. The Kier molecular flexibility index (Phi) is 4.10. The number of nitrogens with one attached hydrogen (secondary N) is 1. The van der Waals surface area contributed by atoms with E-state index in [0.29, 0.717) is 0 Å². The molecule has 2 rings (SSSR count). The maximum absolute atomic E-state index is 12.1. The summed E-state index contributed by atoms with van der Waals surface area (Å²) in [6, 6.07) is 5.63. The molecule has 0 saturated carbocycles. The average molecular weight is 260 g/mol. The van der Waals surface area contributed by atoms with Crippen LogP contribution in [-0.4, -0.2) is 10.9 Å². The fourth-order valence-corrected chi connectivity index (χ4v) is 2.75. The first-order chi connectivity index (χ1) is 8.70. The van der Waals surface area contributed by atoms with Crippen molar-refractivity contribution in [2.24, 2.45) is 0 Å². The van der Waals surface area contributed by atoms with Gasteiger partial charge < -0.3 is 5.32 Å². The molecule has 0 atom stereocenters.